The first-order valence-corrected chi connectivity index (χ1v) is 10.4. The van der Waals surface area contributed by atoms with Crippen molar-refractivity contribution in [2.75, 3.05) is 0 Å². The molecule has 2 aromatic rings. The predicted molar refractivity (Wildman–Crippen MR) is 112 cm³/mol. The van der Waals surface area contributed by atoms with Gasteiger partial charge in [0.2, 0.25) is 0 Å². The Morgan fingerprint density at radius 2 is 0.889 bits per heavy atom. The number of hydrogen-bond donors (Lipinski definition) is 2. The number of hydrogen-bond acceptors (Lipinski definition) is 3. The highest BCUT2D eigenvalue weighted by atomic mass is 16.5. The summed E-state index contributed by atoms with van der Waals surface area (Å²) in [6.07, 6.45) is 7.39. The van der Waals surface area contributed by atoms with Crippen LogP contribution in [0, 0.1) is 0 Å². The molecular formula is C24H34O3. The lowest BCUT2D eigenvalue weighted by Crippen LogP contribution is -2.02. The van der Waals surface area contributed by atoms with Gasteiger partial charge in [0.15, 0.2) is 0 Å². The van der Waals surface area contributed by atoms with Gasteiger partial charge in [-0.15, -0.1) is 0 Å². The number of phenols is 2. The van der Waals surface area contributed by atoms with Crippen LogP contribution in [0.25, 0.3) is 0 Å². The first-order valence-electron chi connectivity index (χ1n) is 10.4. The van der Waals surface area contributed by atoms with Crippen molar-refractivity contribution in [1.29, 1.82) is 0 Å². The Balaban J connectivity index is 2.53. The van der Waals surface area contributed by atoms with Gasteiger partial charge in [-0.25, -0.2) is 0 Å². The fourth-order valence-corrected chi connectivity index (χ4v) is 3.73. The highest BCUT2D eigenvalue weighted by Gasteiger charge is 2.17. The van der Waals surface area contributed by atoms with E-state index in [1.807, 2.05) is 12.1 Å². The van der Waals surface area contributed by atoms with Crippen molar-refractivity contribution < 1.29 is 14.9 Å². The van der Waals surface area contributed by atoms with Crippen molar-refractivity contribution in [3.63, 3.8) is 0 Å². The standard InChI is InChI=1S/C24H34O3/c1-5-9-17-19(11-7-3)23(15-13-21(17)25)27-24-16-14-22(26)18(10-6-2)20(24)12-8-4/h13-16,25-26H,5-12H2,1-4H3. The zero-order chi connectivity index (χ0) is 19.8. The molecule has 2 rings (SSSR count). The van der Waals surface area contributed by atoms with Crippen LogP contribution in [-0.2, 0) is 25.7 Å². The van der Waals surface area contributed by atoms with Crippen LogP contribution >= 0.6 is 0 Å². The van der Waals surface area contributed by atoms with E-state index in [-0.39, 0.29) is 0 Å². The second-order valence-electron chi connectivity index (χ2n) is 7.18. The summed E-state index contributed by atoms with van der Waals surface area (Å²) in [6.45, 7) is 8.54. The molecular weight excluding hydrogens is 336 g/mol. The van der Waals surface area contributed by atoms with Crippen molar-refractivity contribution in [2.45, 2.75) is 79.1 Å². The van der Waals surface area contributed by atoms with Crippen LogP contribution in [0.5, 0.6) is 23.0 Å². The first kappa shape index (κ1) is 21.1. The molecule has 0 atom stereocenters. The summed E-state index contributed by atoms with van der Waals surface area (Å²) in [5, 5.41) is 20.7. The molecule has 27 heavy (non-hydrogen) atoms. The normalized spacial score (nSPS) is 11.0. The number of benzene rings is 2. The van der Waals surface area contributed by atoms with Gasteiger partial charge in [-0.05, 0) is 49.9 Å². The molecule has 0 aliphatic heterocycles. The fourth-order valence-electron chi connectivity index (χ4n) is 3.73. The third-order valence-corrected chi connectivity index (χ3v) is 4.95. The van der Waals surface area contributed by atoms with E-state index < -0.39 is 0 Å². The molecule has 0 radical (unpaired) electrons. The van der Waals surface area contributed by atoms with Crippen LogP contribution in [0.1, 0.15) is 75.6 Å². The Morgan fingerprint density at radius 3 is 1.22 bits per heavy atom. The average molecular weight is 371 g/mol. The van der Waals surface area contributed by atoms with E-state index in [4.69, 9.17) is 4.74 Å². The van der Waals surface area contributed by atoms with Gasteiger partial charge in [-0.3, -0.25) is 0 Å². The Bertz CT molecular complexity index is 686. The molecule has 0 saturated heterocycles. The van der Waals surface area contributed by atoms with Gasteiger partial charge in [0.25, 0.3) is 0 Å². The minimum absolute atomic E-state index is 0.360. The van der Waals surface area contributed by atoms with Crippen LogP contribution in [0.2, 0.25) is 0 Å². The summed E-state index contributed by atoms with van der Waals surface area (Å²) in [4.78, 5) is 0. The van der Waals surface area contributed by atoms with Crippen LogP contribution in [0.4, 0.5) is 0 Å². The van der Waals surface area contributed by atoms with Crippen LogP contribution in [-0.4, -0.2) is 10.2 Å². The molecule has 0 bridgehead atoms. The highest BCUT2D eigenvalue weighted by Crippen LogP contribution is 2.38. The number of aromatic hydroxyl groups is 2. The number of ether oxygens (including phenoxy) is 1. The highest BCUT2D eigenvalue weighted by molar-refractivity contribution is 5.53. The second kappa shape index (κ2) is 10.2. The molecule has 3 heteroatoms. The molecule has 2 aromatic carbocycles. The maximum atomic E-state index is 10.3. The summed E-state index contributed by atoms with van der Waals surface area (Å²) in [7, 11) is 0. The van der Waals surface area contributed by atoms with Crippen molar-refractivity contribution in [3.05, 3.63) is 46.5 Å². The molecule has 0 fully saturated rings. The topological polar surface area (TPSA) is 49.7 Å². The van der Waals surface area contributed by atoms with E-state index in [9.17, 15) is 10.2 Å². The smallest absolute Gasteiger partial charge is 0.131 e. The Labute approximate surface area is 164 Å². The molecule has 0 amide bonds. The maximum absolute atomic E-state index is 10.3. The summed E-state index contributed by atoms with van der Waals surface area (Å²) < 4.78 is 6.41. The molecule has 0 heterocycles. The molecule has 0 aromatic heterocycles. The van der Waals surface area contributed by atoms with Crippen molar-refractivity contribution in [2.24, 2.45) is 0 Å². The summed E-state index contributed by atoms with van der Waals surface area (Å²) in [6, 6.07) is 7.24. The third kappa shape index (κ3) is 4.97. The molecule has 2 N–H and O–H groups in total. The van der Waals surface area contributed by atoms with E-state index in [0.29, 0.717) is 11.5 Å². The van der Waals surface area contributed by atoms with Gasteiger partial charge in [0.1, 0.15) is 23.0 Å². The van der Waals surface area contributed by atoms with Crippen molar-refractivity contribution in [3.8, 4) is 23.0 Å². The SMILES string of the molecule is CCCc1c(O)ccc(Oc2ccc(O)c(CCC)c2CCC)c1CCC. The second-order valence-corrected chi connectivity index (χ2v) is 7.18. The van der Waals surface area contributed by atoms with E-state index >= 15 is 0 Å². The fraction of sp³-hybridized carbons (Fsp3) is 0.500. The Morgan fingerprint density at radius 1 is 0.556 bits per heavy atom. The zero-order valence-corrected chi connectivity index (χ0v) is 17.3. The van der Waals surface area contributed by atoms with Gasteiger partial charge in [-0.2, -0.15) is 0 Å². The molecule has 0 saturated carbocycles. The Hall–Kier alpha value is -2.16. The lowest BCUT2D eigenvalue weighted by Gasteiger charge is -2.20. The van der Waals surface area contributed by atoms with E-state index in [1.165, 1.54) is 0 Å². The van der Waals surface area contributed by atoms with E-state index in [0.717, 1.165) is 85.1 Å². The van der Waals surface area contributed by atoms with Crippen LogP contribution in [0.15, 0.2) is 24.3 Å². The minimum Gasteiger partial charge on any atom is -0.508 e. The number of rotatable bonds is 10. The molecule has 0 spiro atoms. The van der Waals surface area contributed by atoms with Gasteiger partial charge >= 0.3 is 0 Å². The molecule has 0 unspecified atom stereocenters. The Kier molecular flexibility index (Phi) is 8.02. The zero-order valence-electron chi connectivity index (χ0n) is 17.3. The van der Waals surface area contributed by atoms with Crippen LogP contribution < -0.4 is 4.74 Å². The first-order chi connectivity index (χ1) is 13.1. The van der Waals surface area contributed by atoms with Gasteiger partial charge in [0, 0.05) is 22.3 Å². The lowest BCUT2D eigenvalue weighted by atomic mass is 9.96. The summed E-state index contributed by atoms with van der Waals surface area (Å²) >= 11 is 0. The minimum atomic E-state index is 0.360. The van der Waals surface area contributed by atoms with Gasteiger partial charge < -0.3 is 14.9 Å². The molecule has 148 valence electrons. The summed E-state index contributed by atoms with van der Waals surface area (Å²) in [5.41, 5.74) is 4.21. The maximum Gasteiger partial charge on any atom is 0.131 e. The lowest BCUT2D eigenvalue weighted by molar-refractivity contribution is 0.442. The van der Waals surface area contributed by atoms with Crippen molar-refractivity contribution in [1.82, 2.24) is 0 Å². The quantitative estimate of drug-likeness (QED) is 0.489. The van der Waals surface area contributed by atoms with Crippen LogP contribution in [0.3, 0.4) is 0 Å². The van der Waals surface area contributed by atoms with Gasteiger partial charge in [0.05, 0.1) is 0 Å². The molecule has 0 aliphatic carbocycles. The monoisotopic (exact) mass is 370 g/mol. The largest absolute Gasteiger partial charge is 0.508 e. The van der Waals surface area contributed by atoms with E-state index in [2.05, 4.69) is 27.7 Å². The molecule has 0 aliphatic rings. The van der Waals surface area contributed by atoms with Crippen molar-refractivity contribution >= 4 is 0 Å². The molecule has 3 nitrogen and oxygen atoms in total. The number of phenolic OH excluding ortho intramolecular Hbond substituents is 2. The third-order valence-electron chi connectivity index (χ3n) is 4.95. The van der Waals surface area contributed by atoms with E-state index in [1.54, 1.807) is 12.1 Å². The van der Waals surface area contributed by atoms with Gasteiger partial charge in [-0.1, -0.05) is 53.4 Å². The summed E-state index contributed by atoms with van der Waals surface area (Å²) in [5.74, 6) is 2.37. The average Bonchev–Trinajstić information content (AvgIpc) is 2.65. The predicted octanol–water partition coefficient (Wildman–Crippen LogP) is 6.70.